The van der Waals surface area contributed by atoms with Crippen molar-refractivity contribution in [3.05, 3.63) is 22.4 Å². The molecule has 1 aromatic rings. The molecule has 0 spiro atoms. The number of Topliss-reactive ketones (excluding diaryl/α,β-unsaturated/α-hetero) is 1. The van der Waals surface area contributed by atoms with E-state index in [1.165, 1.54) is 11.3 Å². The van der Waals surface area contributed by atoms with Gasteiger partial charge in [-0.1, -0.05) is 19.9 Å². The fourth-order valence-corrected chi connectivity index (χ4v) is 1.57. The van der Waals surface area contributed by atoms with Crippen molar-refractivity contribution in [1.29, 1.82) is 0 Å². The Hall–Kier alpha value is -0.670. The summed E-state index contributed by atoms with van der Waals surface area (Å²) in [5.41, 5.74) is 0. The normalized spacial score (nSPS) is 13.3. The smallest absolute Gasteiger partial charge is 0.201 e. The van der Waals surface area contributed by atoms with Crippen molar-refractivity contribution in [3.63, 3.8) is 0 Å². The van der Waals surface area contributed by atoms with E-state index in [1.807, 2.05) is 25.3 Å². The summed E-state index contributed by atoms with van der Waals surface area (Å²) < 4.78 is 0. The number of aliphatic hydroxyl groups excluding tert-OH is 1. The second kappa shape index (κ2) is 3.83. The standard InChI is InChI=1S/C9H12O2S/c1-6(2)8(10)9(11)7-4-3-5-12-7/h3-6,8,10H,1-2H3. The molecule has 1 aromatic heterocycles. The van der Waals surface area contributed by atoms with Gasteiger partial charge in [0, 0.05) is 0 Å². The Kier molecular flexibility index (Phi) is 3.00. The average molecular weight is 184 g/mol. The molecule has 1 rings (SSSR count). The molecule has 1 unspecified atom stereocenters. The Balaban J connectivity index is 2.72. The van der Waals surface area contributed by atoms with Crippen molar-refractivity contribution in [2.75, 3.05) is 0 Å². The number of ketones is 1. The number of carbonyl (C=O) groups excluding carboxylic acids is 1. The molecule has 2 nitrogen and oxygen atoms in total. The predicted octanol–water partition coefficient (Wildman–Crippen LogP) is 1.95. The lowest BCUT2D eigenvalue weighted by molar-refractivity contribution is 0.0652. The van der Waals surface area contributed by atoms with E-state index in [2.05, 4.69) is 0 Å². The summed E-state index contributed by atoms with van der Waals surface area (Å²) in [5, 5.41) is 11.3. The molecule has 0 aliphatic carbocycles. The molecule has 0 aromatic carbocycles. The molecule has 1 N–H and O–H groups in total. The van der Waals surface area contributed by atoms with E-state index >= 15 is 0 Å². The Bertz CT molecular complexity index is 252. The fourth-order valence-electron chi connectivity index (χ4n) is 0.867. The molecular weight excluding hydrogens is 172 g/mol. The van der Waals surface area contributed by atoms with E-state index < -0.39 is 6.10 Å². The van der Waals surface area contributed by atoms with Crippen molar-refractivity contribution in [3.8, 4) is 0 Å². The molecule has 0 amide bonds. The second-order valence-electron chi connectivity index (χ2n) is 3.03. The fraction of sp³-hybridized carbons (Fsp3) is 0.444. The van der Waals surface area contributed by atoms with Crippen LogP contribution in [0, 0.1) is 5.92 Å². The quantitative estimate of drug-likeness (QED) is 0.729. The first-order valence-corrected chi connectivity index (χ1v) is 4.76. The lowest BCUT2D eigenvalue weighted by atomic mass is 10.0. The number of aliphatic hydroxyl groups is 1. The predicted molar refractivity (Wildman–Crippen MR) is 49.5 cm³/mol. The van der Waals surface area contributed by atoms with Crippen LogP contribution in [-0.2, 0) is 0 Å². The molecule has 66 valence electrons. The highest BCUT2D eigenvalue weighted by molar-refractivity contribution is 7.12. The largest absolute Gasteiger partial charge is 0.385 e. The van der Waals surface area contributed by atoms with Crippen LogP contribution >= 0.6 is 11.3 Å². The Morgan fingerprint density at radius 2 is 2.25 bits per heavy atom. The number of rotatable bonds is 3. The molecule has 0 fully saturated rings. The molecule has 0 radical (unpaired) electrons. The van der Waals surface area contributed by atoms with Gasteiger partial charge in [-0.15, -0.1) is 11.3 Å². The molecule has 0 aliphatic rings. The maximum Gasteiger partial charge on any atom is 0.201 e. The van der Waals surface area contributed by atoms with Crippen LogP contribution in [0.2, 0.25) is 0 Å². The highest BCUT2D eigenvalue weighted by atomic mass is 32.1. The Morgan fingerprint density at radius 3 is 2.67 bits per heavy atom. The SMILES string of the molecule is CC(C)C(O)C(=O)c1cccs1. The van der Waals surface area contributed by atoms with E-state index in [4.69, 9.17) is 0 Å². The third kappa shape index (κ3) is 1.93. The summed E-state index contributed by atoms with van der Waals surface area (Å²) in [7, 11) is 0. The van der Waals surface area contributed by atoms with E-state index in [0.717, 1.165) is 0 Å². The van der Waals surface area contributed by atoms with E-state index in [9.17, 15) is 9.90 Å². The van der Waals surface area contributed by atoms with Crippen LogP contribution in [0.25, 0.3) is 0 Å². The first-order valence-electron chi connectivity index (χ1n) is 3.88. The Morgan fingerprint density at radius 1 is 1.58 bits per heavy atom. The Labute approximate surface area is 75.9 Å². The lowest BCUT2D eigenvalue weighted by Gasteiger charge is -2.11. The van der Waals surface area contributed by atoms with E-state index in [-0.39, 0.29) is 11.7 Å². The first kappa shape index (κ1) is 9.42. The van der Waals surface area contributed by atoms with Gasteiger partial charge in [0.1, 0.15) is 6.10 Å². The minimum atomic E-state index is -0.858. The summed E-state index contributed by atoms with van der Waals surface area (Å²) in [5.74, 6) is -0.181. The third-order valence-electron chi connectivity index (χ3n) is 1.66. The topological polar surface area (TPSA) is 37.3 Å². The molecule has 0 bridgehead atoms. The maximum absolute atomic E-state index is 11.4. The van der Waals surface area contributed by atoms with Gasteiger partial charge in [-0.25, -0.2) is 0 Å². The molecule has 1 heterocycles. The molecule has 12 heavy (non-hydrogen) atoms. The van der Waals surface area contributed by atoms with Gasteiger partial charge in [-0.3, -0.25) is 4.79 Å². The minimum Gasteiger partial charge on any atom is -0.385 e. The number of thiophene rings is 1. The van der Waals surface area contributed by atoms with Gasteiger partial charge in [0.15, 0.2) is 0 Å². The zero-order chi connectivity index (χ0) is 9.14. The van der Waals surface area contributed by atoms with Crippen LogP contribution in [0.1, 0.15) is 23.5 Å². The van der Waals surface area contributed by atoms with Crippen molar-refractivity contribution >= 4 is 17.1 Å². The van der Waals surface area contributed by atoms with Crippen molar-refractivity contribution in [2.45, 2.75) is 20.0 Å². The average Bonchev–Trinajstić information content (AvgIpc) is 2.53. The van der Waals surface area contributed by atoms with Gasteiger partial charge in [-0.05, 0) is 17.4 Å². The summed E-state index contributed by atoms with van der Waals surface area (Å²) in [6.07, 6.45) is -0.858. The zero-order valence-electron chi connectivity index (χ0n) is 7.15. The second-order valence-corrected chi connectivity index (χ2v) is 3.98. The molecule has 3 heteroatoms. The van der Waals surface area contributed by atoms with Crippen molar-refractivity contribution in [1.82, 2.24) is 0 Å². The summed E-state index contributed by atoms with van der Waals surface area (Å²) in [6, 6.07) is 3.55. The van der Waals surface area contributed by atoms with Gasteiger partial charge >= 0.3 is 0 Å². The molecule has 0 aliphatic heterocycles. The van der Waals surface area contributed by atoms with Gasteiger partial charge in [0.2, 0.25) is 5.78 Å². The van der Waals surface area contributed by atoms with Crippen LogP contribution in [0.4, 0.5) is 0 Å². The zero-order valence-corrected chi connectivity index (χ0v) is 7.97. The van der Waals surface area contributed by atoms with Crippen LogP contribution in [0.3, 0.4) is 0 Å². The minimum absolute atomic E-state index is 0.0143. The van der Waals surface area contributed by atoms with Gasteiger partial charge in [0.05, 0.1) is 4.88 Å². The van der Waals surface area contributed by atoms with Crippen molar-refractivity contribution in [2.24, 2.45) is 5.92 Å². The van der Waals surface area contributed by atoms with Crippen LogP contribution in [0.15, 0.2) is 17.5 Å². The third-order valence-corrected chi connectivity index (χ3v) is 2.55. The molecular formula is C9H12O2S. The number of hydrogen-bond donors (Lipinski definition) is 1. The summed E-state index contributed by atoms with van der Waals surface area (Å²) >= 11 is 1.37. The lowest BCUT2D eigenvalue weighted by Crippen LogP contribution is -2.25. The molecule has 0 saturated heterocycles. The molecule has 0 saturated carbocycles. The highest BCUT2D eigenvalue weighted by Crippen LogP contribution is 2.14. The highest BCUT2D eigenvalue weighted by Gasteiger charge is 2.20. The van der Waals surface area contributed by atoms with Crippen LogP contribution in [0.5, 0.6) is 0 Å². The monoisotopic (exact) mass is 184 g/mol. The van der Waals surface area contributed by atoms with Crippen molar-refractivity contribution < 1.29 is 9.90 Å². The van der Waals surface area contributed by atoms with E-state index in [1.54, 1.807) is 6.07 Å². The summed E-state index contributed by atoms with van der Waals surface area (Å²) in [6.45, 7) is 3.66. The van der Waals surface area contributed by atoms with Gasteiger partial charge < -0.3 is 5.11 Å². The maximum atomic E-state index is 11.4. The van der Waals surface area contributed by atoms with Crippen LogP contribution in [-0.4, -0.2) is 17.0 Å². The number of carbonyl (C=O) groups is 1. The van der Waals surface area contributed by atoms with Gasteiger partial charge in [-0.2, -0.15) is 0 Å². The van der Waals surface area contributed by atoms with Crippen LogP contribution < -0.4 is 0 Å². The number of hydrogen-bond acceptors (Lipinski definition) is 3. The van der Waals surface area contributed by atoms with Gasteiger partial charge in [0.25, 0.3) is 0 Å². The molecule has 1 atom stereocenters. The van der Waals surface area contributed by atoms with E-state index in [0.29, 0.717) is 4.88 Å². The summed E-state index contributed by atoms with van der Waals surface area (Å²) in [4.78, 5) is 12.0. The first-order chi connectivity index (χ1) is 5.63.